The molecule has 0 radical (unpaired) electrons. The maximum absolute atomic E-state index is 4.42. The highest BCUT2D eigenvalue weighted by Crippen LogP contribution is 2.22. The normalized spacial score (nSPS) is 10.5. The van der Waals surface area contributed by atoms with Gasteiger partial charge in [-0.1, -0.05) is 48.5 Å². The summed E-state index contributed by atoms with van der Waals surface area (Å²) in [7, 11) is 0. The van der Waals surface area contributed by atoms with E-state index in [1.54, 1.807) is 0 Å². The smallest absolute Gasteiger partial charge is 0.116 e. The minimum Gasteiger partial charge on any atom is -0.347 e. The number of hydrogen-bond acceptors (Lipinski definition) is 3. The van der Waals surface area contributed by atoms with E-state index in [1.807, 2.05) is 36.4 Å². The van der Waals surface area contributed by atoms with Gasteiger partial charge in [0.1, 0.15) is 4.71 Å². The summed E-state index contributed by atoms with van der Waals surface area (Å²) in [5, 5.41) is 0. The Kier molecular flexibility index (Phi) is 4.40. The summed E-state index contributed by atoms with van der Waals surface area (Å²) in [5.74, 6) is 0. The average molecular weight is 261 g/mol. The molecule has 1 nitrogen and oxygen atoms in total. The Labute approximate surface area is 113 Å². The molecule has 0 aliphatic rings. The molecular weight excluding hydrogens is 246 g/mol. The second-order valence-corrected chi connectivity index (χ2v) is 5.18. The molecular formula is C14H15NS2. The van der Waals surface area contributed by atoms with Gasteiger partial charge in [-0.15, -0.1) is 25.3 Å². The van der Waals surface area contributed by atoms with Crippen LogP contribution in [0.5, 0.6) is 0 Å². The lowest BCUT2D eigenvalue weighted by atomic mass is 10.2. The first-order chi connectivity index (χ1) is 8.27. The molecule has 88 valence electrons. The average Bonchev–Trinajstić information content (AvgIpc) is 2.38. The van der Waals surface area contributed by atoms with E-state index in [1.165, 1.54) is 5.56 Å². The summed E-state index contributed by atoms with van der Waals surface area (Å²) in [4.78, 5) is 2.14. The lowest BCUT2D eigenvalue weighted by Gasteiger charge is -2.27. The summed E-state index contributed by atoms with van der Waals surface area (Å²) < 4.78 is -0.113. The summed E-state index contributed by atoms with van der Waals surface area (Å²) in [6.45, 7) is 0.808. The van der Waals surface area contributed by atoms with Crippen molar-refractivity contribution in [2.24, 2.45) is 0 Å². The van der Waals surface area contributed by atoms with Crippen molar-refractivity contribution >= 4 is 30.9 Å². The summed E-state index contributed by atoms with van der Waals surface area (Å²) in [5.41, 5.74) is 2.39. The van der Waals surface area contributed by atoms with Gasteiger partial charge < -0.3 is 4.90 Å². The van der Waals surface area contributed by atoms with Crippen LogP contribution in [0.4, 0.5) is 5.69 Å². The Morgan fingerprint density at radius 2 is 1.35 bits per heavy atom. The fraction of sp³-hybridized carbons (Fsp3) is 0.143. The number of anilines is 1. The van der Waals surface area contributed by atoms with Crippen LogP contribution in [0.25, 0.3) is 0 Å². The number of para-hydroxylation sites is 1. The van der Waals surface area contributed by atoms with E-state index in [0.717, 1.165) is 12.2 Å². The number of hydrogen-bond donors (Lipinski definition) is 2. The maximum Gasteiger partial charge on any atom is 0.116 e. The minimum absolute atomic E-state index is 0.113. The van der Waals surface area contributed by atoms with Gasteiger partial charge in [-0.05, 0) is 17.7 Å². The summed E-state index contributed by atoms with van der Waals surface area (Å²) >= 11 is 8.85. The van der Waals surface area contributed by atoms with Crippen molar-refractivity contribution in [2.75, 3.05) is 4.90 Å². The number of benzene rings is 2. The van der Waals surface area contributed by atoms with Crippen LogP contribution in [0.2, 0.25) is 0 Å². The first kappa shape index (κ1) is 12.4. The van der Waals surface area contributed by atoms with E-state index in [4.69, 9.17) is 0 Å². The van der Waals surface area contributed by atoms with Crippen molar-refractivity contribution in [2.45, 2.75) is 11.3 Å². The van der Waals surface area contributed by atoms with Gasteiger partial charge in [-0.2, -0.15) is 0 Å². The molecule has 0 saturated carbocycles. The molecule has 0 N–H and O–H groups in total. The molecule has 0 aliphatic carbocycles. The highest BCUT2D eigenvalue weighted by Gasteiger charge is 2.11. The van der Waals surface area contributed by atoms with Crippen LogP contribution < -0.4 is 4.90 Å². The minimum atomic E-state index is -0.113. The van der Waals surface area contributed by atoms with Crippen LogP contribution >= 0.6 is 25.3 Å². The van der Waals surface area contributed by atoms with Crippen molar-refractivity contribution in [3.8, 4) is 0 Å². The van der Waals surface area contributed by atoms with E-state index >= 15 is 0 Å². The molecule has 2 aromatic carbocycles. The zero-order chi connectivity index (χ0) is 12.1. The van der Waals surface area contributed by atoms with E-state index < -0.39 is 0 Å². The summed E-state index contributed by atoms with van der Waals surface area (Å²) in [6.07, 6.45) is 0. The van der Waals surface area contributed by atoms with Crippen molar-refractivity contribution in [1.29, 1.82) is 0 Å². The predicted molar refractivity (Wildman–Crippen MR) is 80.8 cm³/mol. The van der Waals surface area contributed by atoms with Crippen LogP contribution in [-0.2, 0) is 6.54 Å². The molecule has 2 rings (SSSR count). The molecule has 0 amide bonds. The largest absolute Gasteiger partial charge is 0.347 e. The molecule has 17 heavy (non-hydrogen) atoms. The second kappa shape index (κ2) is 6.03. The maximum atomic E-state index is 4.42. The van der Waals surface area contributed by atoms with Crippen molar-refractivity contribution < 1.29 is 0 Å². The molecule has 0 saturated heterocycles. The van der Waals surface area contributed by atoms with Crippen LogP contribution in [0, 0.1) is 0 Å². The van der Waals surface area contributed by atoms with Crippen molar-refractivity contribution in [1.82, 2.24) is 0 Å². The predicted octanol–water partition coefficient (Wildman–Crippen LogP) is 3.84. The van der Waals surface area contributed by atoms with E-state index in [9.17, 15) is 0 Å². The molecule has 0 unspecified atom stereocenters. The third-order valence-corrected chi connectivity index (χ3v) is 3.12. The SMILES string of the molecule is SC(S)N(Cc1ccccc1)c1ccccc1. The van der Waals surface area contributed by atoms with E-state index in [2.05, 4.69) is 54.4 Å². The third-order valence-electron chi connectivity index (χ3n) is 2.56. The lowest BCUT2D eigenvalue weighted by molar-refractivity contribution is 0.882. The van der Waals surface area contributed by atoms with E-state index in [0.29, 0.717) is 0 Å². The van der Waals surface area contributed by atoms with Crippen LogP contribution in [0.3, 0.4) is 0 Å². The Bertz CT molecular complexity index is 442. The number of nitrogens with zero attached hydrogens (tertiary/aromatic N) is 1. The van der Waals surface area contributed by atoms with Crippen LogP contribution in [0.15, 0.2) is 60.7 Å². The fourth-order valence-corrected chi connectivity index (χ4v) is 2.14. The van der Waals surface area contributed by atoms with Gasteiger partial charge in [0.25, 0.3) is 0 Å². The lowest BCUT2D eigenvalue weighted by Crippen LogP contribution is -2.26. The quantitative estimate of drug-likeness (QED) is 0.625. The third kappa shape index (κ3) is 3.45. The molecule has 0 spiro atoms. The molecule has 0 bridgehead atoms. The van der Waals surface area contributed by atoms with Crippen molar-refractivity contribution in [3.63, 3.8) is 0 Å². The van der Waals surface area contributed by atoms with Crippen LogP contribution in [0.1, 0.15) is 5.56 Å². The number of rotatable bonds is 4. The van der Waals surface area contributed by atoms with Gasteiger partial charge in [0.2, 0.25) is 0 Å². The molecule has 0 aliphatic heterocycles. The van der Waals surface area contributed by atoms with Gasteiger partial charge >= 0.3 is 0 Å². The highest BCUT2D eigenvalue weighted by molar-refractivity contribution is 7.99. The zero-order valence-corrected chi connectivity index (χ0v) is 11.2. The van der Waals surface area contributed by atoms with Crippen LogP contribution in [-0.4, -0.2) is 4.71 Å². The molecule has 0 heterocycles. The van der Waals surface area contributed by atoms with Crippen molar-refractivity contribution in [3.05, 3.63) is 66.2 Å². The van der Waals surface area contributed by atoms with E-state index in [-0.39, 0.29) is 4.71 Å². The fourth-order valence-electron chi connectivity index (χ4n) is 1.71. The Balaban J connectivity index is 2.20. The first-order valence-electron chi connectivity index (χ1n) is 5.49. The highest BCUT2D eigenvalue weighted by atomic mass is 32.2. The topological polar surface area (TPSA) is 3.24 Å². The van der Waals surface area contributed by atoms with Gasteiger partial charge in [0, 0.05) is 12.2 Å². The monoisotopic (exact) mass is 261 g/mol. The zero-order valence-electron chi connectivity index (χ0n) is 9.40. The Morgan fingerprint density at radius 1 is 0.824 bits per heavy atom. The molecule has 3 heteroatoms. The Hall–Kier alpha value is -1.06. The van der Waals surface area contributed by atoms with Gasteiger partial charge in [0.05, 0.1) is 0 Å². The molecule has 0 aromatic heterocycles. The van der Waals surface area contributed by atoms with Gasteiger partial charge in [-0.3, -0.25) is 0 Å². The first-order valence-corrected chi connectivity index (χ1v) is 6.52. The standard InChI is InChI=1S/C14H15NS2/c16-14(17)15(13-9-5-2-6-10-13)11-12-7-3-1-4-8-12/h1-10,14,16-17H,11H2. The second-order valence-electron chi connectivity index (χ2n) is 3.80. The molecule has 2 aromatic rings. The van der Waals surface area contributed by atoms with Gasteiger partial charge in [-0.25, -0.2) is 0 Å². The molecule has 0 fully saturated rings. The Morgan fingerprint density at radius 3 is 1.88 bits per heavy atom. The molecule has 0 atom stereocenters. The number of thiol groups is 2. The summed E-state index contributed by atoms with van der Waals surface area (Å²) in [6, 6.07) is 20.5. The van der Waals surface area contributed by atoms with Gasteiger partial charge in [0.15, 0.2) is 0 Å².